The zero-order chi connectivity index (χ0) is 14.8. The van der Waals surface area contributed by atoms with Crippen molar-refractivity contribution in [1.82, 2.24) is 0 Å². The van der Waals surface area contributed by atoms with Gasteiger partial charge in [0.25, 0.3) is 0 Å². The van der Waals surface area contributed by atoms with Gasteiger partial charge in [0.05, 0.1) is 19.1 Å². The van der Waals surface area contributed by atoms with E-state index in [4.69, 9.17) is 9.47 Å². The zero-order valence-electron chi connectivity index (χ0n) is 11.7. The summed E-state index contributed by atoms with van der Waals surface area (Å²) in [6.07, 6.45) is 1.31. The average molecular weight is 284 g/mol. The van der Waals surface area contributed by atoms with Gasteiger partial charge in [0, 0.05) is 13.7 Å². The number of rotatable bonds is 10. The number of hydrogen-bond acceptors (Lipinski definition) is 3. The van der Waals surface area contributed by atoms with E-state index in [1.54, 1.807) is 25.3 Å². The lowest BCUT2D eigenvalue weighted by molar-refractivity contribution is -0.142. The van der Waals surface area contributed by atoms with Crippen LogP contribution in [-0.4, -0.2) is 38.0 Å². The second-order valence-corrected chi connectivity index (χ2v) is 4.58. The lowest BCUT2D eigenvalue weighted by Gasteiger charge is -2.13. The number of halogens is 1. The minimum atomic E-state index is -0.898. The van der Waals surface area contributed by atoms with E-state index in [0.717, 1.165) is 0 Å². The largest absolute Gasteiger partial charge is 0.481 e. The predicted octanol–water partition coefficient (Wildman–Crippen LogP) is 2.51. The SMILES string of the molecule is COCCOCCCC(Cc1ccccc1F)C(=O)O. The molecule has 1 rings (SSSR count). The summed E-state index contributed by atoms with van der Waals surface area (Å²) >= 11 is 0. The van der Waals surface area contributed by atoms with E-state index in [0.29, 0.717) is 38.2 Å². The van der Waals surface area contributed by atoms with Gasteiger partial charge in [-0.2, -0.15) is 0 Å². The first-order chi connectivity index (χ1) is 9.65. The molecule has 0 fully saturated rings. The lowest BCUT2D eigenvalue weighted by atomic mass is 9.95. The summed E-state index contributed by atoms with van der Waals surface area (Å²) in [5.74, 6) is -1.84. The second kappa shape index (κ2) is 9.44. The molecule has 0 aliphatic carbocycles. The van der Waals surface area contributed by atoms with Crippen molar-refractivity contribution in [3.63, 3.8) is 0 Å². The molecule has 1 aromatic rings. The van der Waals surface area contributed by atoms with E-state index >= 15 is 0 Å². The molecule has 0 saturated heterocycles. The first-order valence-electron chi connectivity index (χ1n) is 6.68. The lowest BCUT2D eigenvalue weighted by Crippen LogP contribution is -2.18. The van der Waals surface area contributed by atoms with Crippen molar-refractivity contribution in [2.24, 2.45) is 5.92 Å². The number of aliphatic carboxylic acids is 1. The average Bonchev–Trinajstić information content (AvgIpc) is 2.43. The fraction of sp³-hybridized carbons (Fsp3) is 0.533. The molecule has 4 nitrogen and oxygen atoms in total. The van der Waals surface area contributed by atoms with E-state index in [1.165, 1.54) is 6.07 Å². The summed E-state index contributed by atoms with van der Waals surface area (Å²) in [7, 11) is 1.60. The maximum absolute atomic E-state index is 13.5. The van der Waals surface area contributed by atoms with Gasteiger partial charge in [0.1, 0.15) is 5.82 Å². The van der Waals surface area contributed by atoms with E-state index in [2.05, 4.69) is 0 Å². The molecule has 20 heavy (non-hydrogen) atoms. The molecule has 0 aromatic heterocycles. The molecule has 1 unspecified atom stereocenters. The minimum Gasteiger partial charge on any atom is -0.481 e. The minimum absolute atomic E-state index is 0.208. The van der Waals surface area contributed by atoms with Crippen LogP contribution in [0.2, 0.25) is 0 Å². The molecule has 0 spiro atoms. The Hall–Kier alpha value is -1.46. The Morgan fingerprint density at radius 1 is 1.30 bits per heavy atom. The van der Waals surface area contributed by atoms with Gasteiger partial charge in [0.15, 0.2) is 0 Å². The van der Waals surface area contributed by atoms with Crippen molar-refractivity contribution in [2.75, 3.05) is 26.9 Å². The van der Waals surface area contributed by atoms with Crippen molar-refractivity contribution >= 4 is 5.97 Å². The van der Waals surface area contributed by atoms with Crippen LogP contribution in [0.1, 0.15) is 18.4 Å². The zero-order valence-corrected chi connectivity index (χ0v) is 11.7. The number of ether oxygens (including phenoxy) is 2. The monoisotopic (exact) mass is 284 g/mol. The maximum atomic E-state index is 13.5. The standard InChI is InChI=1S/C15H21FO4/c1-19-9-10-20-8-4-6-13(15(17)18)11-12-5-2-3-7-14(12)16/h2-3,5,7,13H,4,6,8-11H2,1H3,(H,17,18). The Kier molecular flexibility index (Phi) is 7.84. The molecule has 0 radical (unpaired) electrons. The highest BCUT2D eigenvalue weighted by molar-refractivity contribution is 5.70. The van der Waals surface area contributed by atoms with Gasteiger partial charge >= 0.3 is 5.97 Å². The van der Waals surface area contributed by atoms with Gasteiger partial charge in [-0.3, -0.25) is 4.79 Å². The van der Waals surface area contributed by atoms with Crippen LogP contribution < -0.4 is 0 Å². The molecule has 1 atom stereocenters. The fourth-order valence-electron chi connectivity index (χ4n) is 1.92. The van der Waals surface area contributed by atoms with Gasteiger partial charge in [-0.15, -0.1) is 0 Å². The van der Waals surface area contributed by atoms with E-state index in [-0.39, 0.29) is 12.2 Å². The van der Waals surface area contributed by atoms with Gasteiger partial charge in [-0.05, 0) is 30.9 Å². The molecule has 0 saturated carbocycles. The molecule has 0 aliphatic rings. The van der Waals surface area contributed by atoms with Crippen LogP contribution in [0.5, 0.6) is 0 Å². The number of hydrogen-bond donors (Lipinski definition) is 1. The Morgan fingerprint density at radius 2 is 2.05 bits per heavy atom. The number of carbonyl (C=O) groups is 1. The number of carboxylic acids is 1. The van der Waals surface area contributed by atoms with Crippen molar-refractivity contribution in [1.29, 1.82) is 0 Å². The van der Waals surface area contributed by atoms with Gasteiger partial charge in [-0.25, -0.2) is 4.39 Å². The van der Waals surface area contributed by atoms with Crippen LogP contribution in [0.15, 0.2) is 24.3 Å². The van der Waals surface area contributed by atoms with Crippen LogP contribution in [0.4, 0.5) is 4.39 Å². The summed E-state index contributed by atoms with van der Waals surface area (Å²) in [4.78, 5) is 11.2. The molecule has 1 aromatic carbocycles. The van der Waals surface area contributed by atoms with Crippen LogP contribution in [0, 0.1) is 11.7 Å². The highest BCUT2D eigenvalue weighted by atomic mass is 19.1. The Labute approximate surface area is 118 Å². The first-order valence-corrected chi connectivity index (χ1v) is 6.68. The molecule has 0 bridgehead atoms. The van der Waals surface area contributed by atoms with Crippen LogP contribution in [0.25, 0.3) is 0 Å². The smallest absolute Gasteiger partial charge is 0.306 e. The summed E-state index contributed by atoms with van der Waals surface area (Å²) in [5.41, 5.74) is 0.445. The van der Waals surface area contributed by atoms with E-state index < -0.39 is 11.9 Å². The normalized spacial score (nSPS) is 12.3. The molecule has 112 valence electrons. The Balaban J connectivity index is 2.38. The number of benzene rings is 1. The van der Waals surface area contributed by atoms with Crippen molar-refractivity contribution in [3.05, 3.63) is 35.6 Å². The Morgan fingerprint density at radius 3 is 2.70 bits per heavy atom. The molecular weight excluding hydrogens is 263 g/mol. The summed E-state index contributed by atoms with van der Waals surface area (Å²) in [6.45, 7) is 1.52. The fourth-order valence-corrected chi connectivity index (χ4v) is 1.92. The molecule has 0 heterocycles. The highest BCUT2D eigenvalue weighted by Crippen LogP contribution is 2.17. The predicted molar refractivity (Wildman–Crippen MR) is 73.2 cm³/mol. The topological polar surface area (TPSA) is 55.8 Å². The third-order valence-electron chi connectivity index (χ3n) is 3.05. The van der Waals surface area contributed by atoms with Crippen molar-refractivity contribution in [3.8, 4) is 0 Å². The quantitative estimate of drug-likeness (QED) is 0.671. The first kappa shape index (κ1) is 16.6. The highest BCUT2D eigenvalue weighted by Gasteiger charge is 2.19. The maximum Gasteiger partial charge on any atom is 0.306 e. The van der Waals surface area contributed by atoms with Crippen molar-refractivity contribution < 1.29 is 23.8 Å². The van der Waals surface area contributed by atoms with Gasteiger partial charge < -0.3 is 14.6 Å². The summed E-state index contributed by atoms with van der Waals surface area (Å²) < 4.78 is 23.6. The molecule has 1 N–H and O–H groups in total. The summed E-state index contributed by atoms with van der Waals surface area (Å²) in [5, 5.41) is 9.18. The van der Waals surface area contributed by atoms with Gasteiger partial charge in [-0.1, -0.05) is 18.2 Å². The molecular formula is C15H21FO4. The summed E-state index contributed by atoms with van der Waals surface area (Å²) in [6, 6.07) is 6.28. The van der Waals surface area contributed by atoms with Crippen LogP contribution in [-0.2, 0) is 20.7 Å². The molecule has 0 aliphatic heterocycles. The van der Waals surface area contributed by atoms with Crippen LogP contribution in [0.3, 0.4) is 0 Å². The van der Waals surface area contributed by atoms with Gasteiger partial charge in [0.2, 0.25) is 0 Å². The Bertz CT molecular complexity index is 409. The van der Waals surface area contributed by atoms with Crippen molar-refractivity contribution in [2.45, 2.75) is 19.3 Å². The number of methoxy groups -OCH3 is 1. The third kappa shape index (κ3) is 6.12. The number of carboxylic acid groups (broad SMARTS) is 1. The second-order valence-electron chi connectivity index (χ2n) is 4.58. The van der Waals surface area contributed by atoms with E-state index in [9.17, 15) is 14.3 Å². The molecule has 5 heteroatoms. The third-order valence-corrected chi connectivity index (χ3v) is 3.05. The van der Waals surface area contributed by atoms with Crippen LogP contribution >= 0.6 is 0 Å². The van der Waals surface area contributed by atoms with E-state index in [1.807, 2.05) is 0 Å². The molecule has 0 amide bonds.